The van der Waals surface area contributed by atoms with E-state index in [4.69, 9.17) is 17.0 Å². The van der Waals surface area contributed by atoms with Gasteiger partial charge in [0.05, 0.1) is 12.0 Å². The molecule has 0 bridgehead atoms. The van der Waals surface area contributed by atoms with Gasteiger partial charge in [-0.15, -0.1) is 0 Å². The summed E-state index contributed by atoms with van der Waals surface area (Å²) in [4.78, 5) is 31.3. The largest absolute Gasteiger partial charge is 0.342 e. The molecule has 2 aromatic rings. The van der Waals surface area contributed by atoms with Crippen LogP contribution >= 0.6 is 23.4 Å². The highest BCUT2D eigenvalue weighted by atomic mass is 35.5. The molecule has 34 heavy (non-hydrogen) atoms. The maximum atomic E-state index is 12.8. The first-order valence-electron chi connectivity index (χ1n) is 11.0. The molecule has 1 fully saturated rings. The Morgan fingerprint density at radius 3 is 2.62 bits per heavy atom. The molecule has 3 aliphatic heterocycles. The number of carbonyl (C=O) groups excluding carboxylic acids is 2. The Kier molecular flexibility index (Phi) is 5.91. The fourth-order valence-corrected chi connectivity index (χ4v) is 5.39. The minimum atomic E-state index is -0.484. The molecule has 1 saturated heterocycles. The zero-order valence-corrected chi connectivity index (χ0v) is 20.4. The summed E-state index contributed by atoms with van der Waals surface area (Å²) in [6.07, 6.45) is 3.89. The Bertz CT molecular complexity index is 1300. The minimum Gasteiger partial charge on any atom is -0.342 e. The predicted octanol–water partition coefficient (Wildman–Crippen LogP) is 4.38. The van der Waals surface area contributed by atoms with Crippen molar-refractivity contribution in [3.05, 3.63) is 57.9 Å². The number of amidine groups is 2. The maximum Gasteiger partial charge on any atom is 0.283 e. The number of hydrazone groups is 1. The van der Waals surface area contributed by atoms with Crippen molar-refractivity contribution in [3.63, 3.8) is 0 Å². The third-order valence-corrected chi connectivity index (χ3v) is 7.27. The van der Waals surface area contributed by atoms with Gasteiger partial charge in [0.25, 0.3) is 5.91 Å². The number of rotatable bonds is 4. The van der Waals surface area contributed by atoms with Crippen LogP contribution in [0.3, 0.4) is 0 Å². The second kappa shape index (κ2) is 8.88. The van der Waals surface area contributed by atoms with Crippen molar-refractivity contribution in [2.45, 2.75) is 33.1 Å². The first-order chi connectivity index (χ1) is 16.3. The van der Waals surface area contributed by atoms with Crippen LogP contribution in [0.2, 0.25) is 5.02 Å². The number of hydrogen-bond donors (Lipinski definition) is 1. The van der Waals surface area contributed by atoms with Crippen LogP contribution in [0.15, 0.2) is 46.0 Å². The number of fused-ring (bicyclic) bond motifs is 1. The third-order valence-electron chi connectivity index (χ3n) is 6.11. The number of nitrogens with zero attached hydrogens (tertiary/aromatic N) is 5. The van der Waals surface area contributed by atoms with Gasteiger partial charge in [-0.05, 0) is 80.4 Å². The van der Waals surface area contributed by atoms with E-state index in [1.54, 1.807) is 6.08 Å². The van der Waals surface area contributed by atoms with Gasteiger partial charge in [0.15, 0.2) is 5.84 Å². The molecule has 3 aliphatic rings. The van der Waals surface area contributed by atoms with Crippen LogP contribution in [0, 0.1) is 19.3 Å². The molecule has 1 N–H and O–H groups in total. The number of thioether (sulfide) groups is 1. The first-order valence-corrected chi connectivity index (χ1v) is 12.2. The van der Waals surface area contributed by atoms with E-state index in [0.29, 0.717) is 15.2 Å². The van der Waals surface area contributed by atoms with Crippen molar-refractivity contribution in [1.29, 1.82) is 5.41 Å². The van der Waals surface area contributed by atoms with Gasteiger partial charge in [-0.1, -0.05) is 11.6 Å². The summed E-state index contributed by atoms with van der Waals surface area (Å²) in [6, 6.07) is 9.51. The van der Waals surface area contributed by atoms with Crippen LogP contribution in [0.1, 0.15) is 36.2 Å². The lowest BCUT2D eigenvalue weighted by atomic mass is 10.1. The molecule has 0 aliphatic carbocycles. The number of amides is 2. The van der Waals surface area contributed by atoms with Crippen molar-refractivity contribution in [2.75, 3.05) is 13.1 Å². The van der Waals surface area contributed by atoms with Crippen LogP contribution < -0.4 is 0 Å². The van der Waals surface area contributed by atoms with Crippen LogP contribution in [0.5, 0.6) is 0 Å². The smallest absolute Gasteiger partial charge is 0.283 e. The summed E-state index contributed by atoms with van der Waals surface area (Å²) >= 11 is 7.21. The normalized spacial score (nSPS) is 19.1. The van der Waals surface area contributed by atoms with Crippen LogP contribution in [-0.2, 0) is 9.59 Å². The molecule has 0 spiro atoms. The number of aliphatic imine (C=N–C) groups is 1. The number of hydrogen-bond acceptors (Lipinski definition) is 5. The highest BCUT2D eigenvalue weighted by Crippen LogP contribution is 2.31. The molecule has 5 rings (SSSR count). The number of likely N-dealkylation sites (tertiary alicyclic amines) is 1. The molecular weight excluding hydrogens is 472 g/mol. The fraction of sp³-hybridized carbons (Fsp3) is 0.292. The number of nitrogens with one attached hydrogen (secondary N) is 1. The van der Waals surface area contributed by atoms with Crippen LogP contribution in [0.4, 0.5) is 0 Å². The molecule has 0 atom stereocenters. The van der Waals surface area contributed by atoms with Gasteiger partial charge in [0.1, 0.15) is 5.04 Å². The Labute approximate surface area is 206 Å². The molecular formula is C24H23ClN6O2S. The topological polar surface area (TPSA) is 94.1 Å². The SMILES string of the molecule is Cc1cc(C=C2C(=N)N3N=C(CC(=O)N4CCCC4)SC3=NC2=O)c(C)n1-c1ccc(Cl)cc1. The van der Waals surface area contributed by atoms with Gasteiger partial charge in [-0.3, -0.25) is 15.0 Å². The average molecular weight is 495 g/mol. The number of carbonyl (C=O) groups is 2. The quantitative estimate of drug-likeness (QED) is 0.638. The maximum absolute atomic E-state index is 12.8. The van der Waals surface area contributed by atoms with Crippen molar-refractivity contribution in [2.24, 2.45) is 10.1 Å². The zero-order chi connectivity index (χ0) is 24.0. The zero-order valence-electron chi connectivity index (χ0n) is 18.8. The molecule has 0 radical (unpaired) electrons. The average Bonchev–Trinajstić information content (AvgIpc) is 3.52. The molecule has 0 saturated carbocycles. The lowest BCUT2D eigenvalue weighted by Crippen LogP contribution is -2.35. The third kappa shape index (κ3) is 4.10. The molecule has 4 heterocycles. The van der Waals surface area contributed by atoms with Gasteiger partial charge in [0, 0.05) is 35.2 Å². The van der Waals surface area contributed by atoms with E-state index >= 15 is 0 Å². The van der Waals surface area contributed by atoms with Crippen LogP contribution in [-0.4, -0.2) is 55.4 Å². The molecule has 10 heteroatoms. The first kappa shape index (κ1) is 22.6. The Balaban J connectivity index is 1.41. The summed E-state index contributed by atoms with van der Waals surface area (Å²) in [5, 5.41) is 15.9. The molecule has 0 unspecified atom stereocenters. The number of aromatic nitrogens is 1. The monoisotopic (exact) mass is 494 g/mol. The molecule has 2 amide bonds. The highest BCUT2D eigenvalue weighted by molar-refractivity contribution is 8.27. The van der Waals surface area contributed by atoms with Gasteiger partial charge >= 0.3 is 0 Å². The van der Waals surface area contributed by atoms with Crippen molar-refractivity contribution in [1.82, 2.24) is 14.5 Å². The Morgan fingerprint density at radius 2 is 1.91 bits per heavy atom. The van der Waals surface area contributed by atoms with E-state index in [-0.39, 0.29) is 23.7 Å². The molecule has 174 valence electrons. The van der Waals surface area contributed by atoms with E-state index in [2.05, 4.69) is 14.7 Å². The summed E-state index contributed by atoms with van der Waals surface area (Å²) in [6.45, 7) is 5.50. The van der Waals surface area contributed by atoms with Gasteiger partial charge in [0.2, 0.25) is 11.1 Å². The Morgan fingerprint density at radius 1 is 1.21 bits per heavy atom. The summed E-state index contributed by atoms with van der Waals surface area (Å²) < 4.78 is 2.07. The van der Waals surface area contributed by atoms with E-state index in [9.17, 15) is 9.59 Å². The molecule has 1 aromatic carbocycles. The standard InChI is InChI=1S/C24H23ClN6O2S/c1-14-11-16(15(2)30(14)18-7-5-17(25)6-8-18)12-19-22(26)31-24(27-23(19)33)34-20(28-31)13-21(32)29-9-3-4-10-29/h5-8,11-12,26H,3-4,9-10,13H2,1-2H3. The number of benzene rings is 1. The summed E-state index contributed by atoms with van der Waals surface area (Å²) in [5.41, 5.74) is 3.86. The molecule has 1 aromatic heterocycles. The lowest BCUT2D eigenvalue weighted by Gasteiger charge is -2.20. The molecule has 8 nitrogen and oxygen atoms in total. The van der Waals surface area contributed by atoms with Gasteiger partial charge in [-0.25, -0.2) is 0 Å². The highest BCUT2D eigenvalue weighted by Gasteiger charge is 2.36. The summed E-state index contributed by atoms with van der Waals surface area (Å²) in [7, 11) is 0. The van der Waals surface area contributed by atoms with Gasteiger partial charge in [-0.2, -0.15) is 15.1 Å². The second-order valence-corrected chi connectivity index (χ2v) is 9.89. The number of halogens is 1. The fourth-order valence-electron chi connectivity index (χ4n) is 4.39. The predicted molar refractivity (Wildman–Crippen MR) is 136 cm³/mol. The minimum absolute atomic E-state index is 0.0208. The summed E-state index contributed by atoms with van der Waals surface area (Å²) in [5.74, 6) is -0.503. The van der Waals surface area contributed by atoms with Crippen LogP contribution in [0.25, 0.3) is 11.8 Å². The second-order valence-electron chi connectivity index (χ2n) is 8.42. The number of aryl methyl sites for hydroxylation is 1. The van der Waals surface area contributed by atoms with E-state index in [1.807, 2.05) is 49.1 Å². The van der Waals surface area contributed by atoms with Crippen molar-refractivity contribution in [3.8, 4) is 5.69 Å². The van der Waals surface area contributed by atoms with E-state index in [1.165, 1.54) is 16.8 Å². The van der Waals surface area contributed by atoms with Crippen molar-refractivity contribution >= 4 is 57.3 Å². The van der Waals surface area contributed by atoms with E-state index in [0.717, 1.165) is 48.6 Å². The van der Waals surface area contributed by atoms with E-state index < -0.39 is 5.91 Å². The Hall–Kier alpha value is -3.17. The van der Waals surface area contributed by atoms with Crippen molar-refractivity contribution < 1.29 is 9.59 Å². The van der Waals surface area contributed by atoms with Gasteiger partial charge < -0.3 is 9.47 Å². The lowest BCUT2D eigenvalue weighted by molar-refractivity contribution is -0.128.